The van der Waals surface area contributed by atoms with E-state index in [9.17, 15) is 14.3 Å². The van der Waals surface area contributed by atoms with Crippen LogP contribution >= 0.6 is 15.9 Å². The number of carbonyl (C=O) groups is 1. The van der Waals surface area contributed by atoms with Crippen LogP contribution in [0.1, 0.15) is 23.0 Å². The summed E-state index contributed by atoms with van der Waals surface area (Å²) in [4.78, 5) is 15.0. The zero-order valence-corrected chi connectivity index (χ0v) is 14.2. The Bertz CT molecular complexity index is 966. The maximum Gasteiger partial charge on any atom is 0.275 e. The summed E-state index contributed by atoms with van der Waals surface area (Å²) in [7, 11) is 0. The molecule has 0 saturated heterocycles. The highest BCUT2D eigenvalue weighted by Gasteiger charge is 2.12. The van der Waals surface area contributed by atoms with E-state index in [1.165, 1.54) is 18.2 Å². The smallest absolute Gasteiger partial charge is 0.275 e. The zero-order valence-electron chi connectivity index (χ0n) is 12.6. The minimum atomic E-state index is -0.546. The number of amides is 1. The van der Waals surface area contributed by atoms with Gasteiger partial charge >= 0.3 is 0 Å². The molecule has 0 aliphatic heterocycles. The van der Waals surface area contributed by atoms with E-state index in [4.69, 9.17) is 0 Å². The average Bonchev–Trinajstić information content (AvgIpc) is 3.00. The highest BCUT2D eigenvalue weighted by atomic mass is 79.9. The number of hydrogen-bond acceptors (Lipinski definition) is 3. The van der Waals surface area contributed by atoms with E-state index in [2.05, 4.69) is 31.4 Å². The molecular formula is C17H13BrFN3O2. The van der Waals surface area contributed by atoms with E-state index in [0.29, 0.717) is 21.4 Å². The fourth-order valence-electron chi connectivity index (χ4n) is 2.26. The third-order valence-electron chi connectivity index (χ3n) is 3.52. The molecule has 2 aromatic carbocycles. The van der Waals surface area contributed by atoms with E-state index in [1.54, 1.807) is 31.2 Å². The summed E-state index contributed by atoms with van der Waals surface area (Å²) in [6.45, 7) is 1.68. The number of halogens is 2. The molecule has 1 aromatic heterocycles. The maximum absolute atomic E-state index is 13.7. The number of nitrogens with one attached hydrogen (secondary N) is 2. The second-order valence-electron chi connectivity index (χ2n) is 5.19. The molecule has 0 aliphatic carbocycles. The molecule has 24 heavy (non-hydrogen) atoms. The van der Waals surface area contributed by atoms with Crippen molar-refractivity contribution in [2.75, 3.05) is 0 Å². The molecule has 1 heterocycles. The second-order valence-corrected chi connectivity index (χ2v) is 6.10. The lowest BCUT2D eigenvalue weighted by Gasteiger charge is -2.04. The summed E-state index contributed by atoms with van der Waals surface area (Å²) in [5, 5.41) is 14.5. The van der Waals surface area contributed by atoms with Crippen LogP contribution in [0.5, 0.6) is 5.75 Å². The molecule has 5 nitrogen and oxygen atoms in total. The van der Waals surface area contributed by atoms with E-state index >= 15 is 0 Å². The Kier molecular flexibility index (Phi) is 4.35. The van der Waals surface area contributed by atoms with Gasteiger partial charge in [-0.05, 0) is 37.3 Å². The summed E-state index contributed by atoms with van der Waals surface area (Å²) < 4.78 is 14.4. The SMILES string of the molecule is CC(=NNC(=O)c1cc(Br)ccc1O)c1cc2cccc(F)c2[nH]1. The van der Waals surface area contributed by atoms with E-state index in [1.807, 2.05) is 0 Å². The van der Waals surface area contributed by atoms with Crippen LogP contribution in [0.4, 0.5) is 4.39 Å². The van der Waals surface area contributed by atoms with Gasteiger partial charge in [0.2, 0.25) is 0 Å². The van der Waals surface area contributed by atoms with Crippen molar-refractivity contribution < 1.29 is 14.3 Å². The lowest BCUT2D eigenvalue weighted by Crippen LogP contribution is -2.19. The standard InChI is InChI=1S/C17H13BrFN3O2/c1-9(14-7-10-3-2-4-13(19)16(10)20-14)21-22-17(24)12-8-11(18)5-6-15(12)23/h2-8,20,23H,1H3,(H,22,24). The number of para-hydroxylation sites is 1. The van der Waals surface area contributed by atoms with Crippen molar-refractivity contribution in [3.8, 4) is 5.75 Å². The van der Waals surface area contributed by atoms with Crippen molar-refractivity contribution in [1.82, 2.24) is 10.4 Å². The highest BCUT2D eigenvalue weighted by Crippen LogP contribution is 2.22. The Balaban J connectivity index is 1.83. The maximum atomic E-state index is 13.7. The fraction of sp³-hybridized carbons (Fsp3) is 0.0588. The number of nitrogens with zero attached hydrogens (tertiary/aromatic N) is 1. The van der Waals surface area contributed by atoms with Gasteiger partial charge in [0.1, 0.15) is 11.6 Å². The van der Waals surface area contributed by atoms with Crippen molar-refractivity contribution >= 4 is 38.5 Å². The summed E-state index contributed by atoms with van der Waals surface area (Å²) in [6.07, 6.45) is 0. The Morgan fingerprint density at radius 1 is 1.29 bits per heavy atom. The second kappa shape index (κ2) is 6.45. The van der Waals surface area contributed by atoms with Gasteiger partial charge in [0.05, 0.1) is 22.5 Å². The monoisotopic (exact) mass is 389 g/mol. The molecule has 0 bridgehead atoms. The molecular weight excluding hydrogens is 377 g/mol. The van der Waals surface area contributed by atoms with Gasteiger partial charge in [0.15, 0.2) is 0 Å². The first-order chi connectivity index (χ1) is 11.5. The van der Waals surface area contributed by atoms with Crippen LogP contribution in [0.25, 0.3) is 10.9 Å². The number of carbonyl (C=O) groups excluding carboxylic acids is 1. The lowest BCUT2D eigenvalue weighted by atomic mass is 10.2. The van der Waals surface area contributed by atoms with Gasteiger partial charge in [-0.25, -0.2) is 9.82 Å². The van der Waals surface area contributed by atoms with Crippen molar-refractivity contribution in [2.24, 2.45) is 5.10 Å². The van der Waals surface area contributed by atoms with Gasteiger partial charge in [0, 0.05) is 9.86 Å². The van der Waals surface area contributed by atoms with Crippen LogP contribution in [0, 0.1) is 5.82 Å². The van der Waals surface area contributed by atoms with Gasteiger partial charge in [-0.15, -0.1) is 0 Å². The number of aromatic hydroxyl groups is 1. The summed E-state index contributed by atoms with van der Waals surface area (Å²) in [5.74, 6) is -1.04. The number of hydrogen-bond donors (Lipinski definition) is 3. The molecule has 122 valence electrons. The summed E-state index contributed by atoms with van der Waals surface area (Å²) in [6, 6.07) is 11.1. The van der Waals surface area contributed by atoms with Crippen molar-refractivity contribution in [1.29, 1.82) is 0 Å². The van der Waals surface area contributed by atoms with Gasteiger partial charge < -0.3 is 10.1 Å². The molecule has 3 aromatic rings. The largest absolute Gasteiger partial charge is 0.507 e. The Labute approximate surface area is 145 Å². The van der Waals surface area contributed by atoms with Gasteiger partial charge in [0.25, 0.3) is 5.91 Å². The van der Waals surface area contributed by atoms with Gasteiger partial charge in [-0.3, -0.25) is 4.79 Å². The van der Waals surface area contributed by atoms with Gasteiger partial charge in [-0.2, -0.15) is 5.10 Å². The van der Waals surface area contributed by atoms with E-state index < -0.39 is 5.91 Å². The Morgan fingerprint density at radius 2 is 2.08 bits per heavy atom. The summed E-state index contributed by atoms with van der Waals surface area (Å²) >= 11 is 3.24. The number of aromatic nitrogens is 1. The predicted octanol–water partition coefficient (Wildman–Crippen LogP) is 3.93. The van der Waals surface area contributed by atoms with Crippen LogP contribution < -0.4 is 5.43 Å². The Morgan fingerprint density at radius 3 is 2.83 bits per heavy atom. The first-order valence-corrected chi connectivity index (χ1v) is 7.86. The quantitative estimate of drug-likeness (QED) is 0.468. The van der Waals surface area contributed by atoms with Crippen molar-refractivity contribution in [2.45, 2.75) is 6.92 Å². The molecule has 3 rings (SSSR count). The predicted molar refractivity (Wildman–Crippen MR) is 93.7 cm³/mol. The number of phenolic OH excluding ortho intramolecular Hbond substituents is 1. The fourth-order valence-corrected chi connectivity index (χ4v) is 2.62. The molecule has 1 amide bonds. The molecule has 0 aliphatic rings. The minimum Gasteiger partial charge on any atom is -0.507 e. The Hall–Kier alpha value is -2.67. The van der Waals surface area contributed by atoms with Crippen molar-refractivity contribution in [3.63, 3.8) is 0 Å². The number of aromatic amines is 1. The number of benzene rings is 2. The zero-order chi connectivity index (χ0) is 17.3. The molecule has 0 radical (unpaired) electrons. The average molecular weight is 390 g/mol. The van der Waals surface area contributed by atoms with Gasteiger partial charge in [-0.1, -0.05) is 28.1 Å². The third kappa shape index (κ3) is 3.16. The highest BCUT2D eigenvalue weighted by molar-refractivity contribution is 9.10. The first-order valence-electron chi connectivity index (χ1n) is 7.06. The normalized spacial score (nSPS) is 11.7. The third-order valence-corrected chi connectivity index (χ3v) is 4.02. The lowest BCUT2D eigenvalue weighted by molar-refractivity contribution is 0.0952. The number of phenols is 1. The van der Waals surface area contributed by atoms with Crippen LogP contribution in [-0.2, 0) is 0 Å². The number of hydrazone groups is 1. The van der Waals surface area contributed by atoms with Crippen molar-refractivity contribution in [3.05, 3.63) is 64.0 Å². The molecule has 0 atom stereocenters. The van der Waals surface area contributed by atoms with E-state index in [0.717, 1.165) is 5.39 Å². The molecule has 0 spiro atoms. The molecule has 0 saturated carbocycles. The van der Waals surface area contributed by atoms with E-state index in [-0.39, 0.29) is 17.1 Å². The van der Waals surface area contributed by atoms with Crippen LogP contribution in [0.3, 0.4) is 0 Å². The molecule has 0 unspecified atom stereocenters. The molecule has 7 heteroatoms. The summed E-state index contributed by atoms with van der Waals surface area (Å²) in [5.41, 5.74) is 3.94. The first kappa shape index (κ1) is 16.2. The molecule has 3 N–H and O–H groups in total. The minimum absolute atomic E-state index is 0.101. The van der Waals surface area contributed by atoms with Crippen LogP contribution in [0.2, 0.25) is 0 Å². The number of fused-ring (bicyclic) bond motifs is 1. The van der Waals surface area contributed by atoms with Crippen LogP contribution in [0.15, 0.2) is 52.0 Å². The number of H-pyrrole nitrogens is 1. The van der Waals surface area contributed by atoms with Crippen LogP contribution in [-0.4, -0.2) is 21.7 Å². The number of rotatable bonds is 3. The topological polar surface area (TPSA) is 77.5 Å². The molecule has 0 fully saturated rings.